The van der Waals surface area contributed by atoms with E-state index in [2.05, 4.69) is 0 Å². The fourth-order valence-electron chi connectivity index (χ4n) is 2.19. The van der Waals surface area contributed by atoms with Gasteiger partial charge in [0, 0.05) is 0 Å². The van der Waals surface area contributed by atoms with Crippen LogP contribution < -0.4 is 9.47 Å². The van der Waals surface area contributed by atoms with Gasteiger partial charge in [0.2, 0.25) is 11.5 Å². The topological polar surface area (TPSA) is 93.1 Å². The molecule has 0 atom stereocenters. The molecular formula is C18H16F2O6. The van der Waals surface area contributed by atoms with Crippen LogP contribution in [0.15, 0.2) is 30.3 Å². The standard InChI is InChI=1S/C18H16F2O6/c1-2-3-9-25-15-13(19)11(17(21)22)12(18(23)24)14(20)16(15)26-10-7-5-4-6-8-10/h4-8H,2-3,9H2,1H3,(H,21,22)(H,23,24). The van der Waals surface area contributed by atoms with Crippen molar-refractivity contribution in [1.82, 2.24) is 0 Å². The molecule has 0 radical (unpaired) electrons. The highest BCUT2D eigenvalue weighted by Crippen LogP contribution is 2.41. The van der Waals surface area contributed by atoms with E-state index in [-0.39, 0.29) is 12.4 Å². The lowest BCUT2D eigenvalue weighted by Gasteiger charge is -2.17. The van der Waals surface area contributed by atoms with E-state index in [0.717, 1.165) is 0 Å². The summed E-state index contributed by atoms with van der Waals surface area (Å²) in [5.74, 6) is -8.37. The van der Waals surface area contributed by atoms with Crippen molar-refractivity contribution in [2.75, 3.05) is 6.61 Å². The molecule has 0 aliphatic rings. The first-order valence-corrected chi connectivity index (χ1v) is 7.75. The molecule has 0 bridgehead atoms. The Hall–Kier alpha value is -3.16. The number of rotatable bonds is 8. The highest BCUT2D eigenvalue weighted by Gasteiger charge is 2.34. The number of benzene rings is 2. The van der Waals surface area contributed by atoms with Gasteiger partial charge in [-0.15, -0.1) is 0 Å². The average Bonchev–Trinajstić information content (AvgIpc) is 2.60. The molecule has 0 amide bonds. The zero-order valence-corrected chi connectivity index (χ0v) is 13.8. The molecule has 0 unspecified atom stereocenters. The van der Waals surface area contributed by atoms with Crippen LogP contribution in [0.3, 0.4) is 0 Å². The van der Waals surface area contributed by atoms with Crippen LogP contribution in [0.1, 0.15) is 40.5 Å². The van der Waals surface area contributed by atoms with E-state index in [9.17, 15) is 18.4 Å². The summed E-state index contributed by atoms with van der Waals surface area (Å²) in [6.45, 7) is 1.82. The molecule has 2 aromatic carbocycles. The van der Waals surface area contributed by atoms with Crippen molar-refractivity contribution in [2.24, 2.45) is 0 Å². The van der Waals surface area contributed by atoms with E-state index in [1.807, 2.05) is 6.92 Å². The minimum absolute atomic E-state index is 0.0243. The quantitative estimate of drug-likeness (QED) is 0.676. The third-order valence-corrected chi connectivity index (χ3v) is 3.43. The third-order valence-electron chi connectivity index (χ3n) is 3.43. The predicted octanol–water partition coefficient (Wildman–Crippen LogP) is 4.33. The van der Waals surface area contributed by atoms with Crippen LogP contribution in [-0.4, -0.2) is 28.8 Å². The second-order valence-corrected chi connectivity index (χ2v) is 5.26. The molecule has 0 saturated carbocycles. The molecule has 0 spiro atoms. The lowest BCUT2D eigenvalue weighted by molar-refractivity contribution is 0.0640. The molecule has 6 nitrogen and oxygen atoms in total. The van der Waals surface area contributed by atoms with Gasteiger partial charge in [-0.05, 0) is 18.6 Å². The largest absolute Gasteiger partial charge is 0.487 e. The zero-order chi connectivity index (χ0) is 19.3. The fraction of sp³-hybridized carbons (Fsp3) is 0.222. The molecule has 0 aromatic heterocycles. The Morgan fingerprint density at radius 2 is 1.50 bits per heavy atom. The molecule has 0 heterocycles. The second-order valence-electron chi connectivity index (χ2n) is 5.26. The molecule has 0 aliphatic carbocycles. The van der Waals surface area contributed by atoms with Gasteiger partial charge in [0.05, 0.1) is 6.61 Å². The lowest BCUT2D eigenvalue weighted by atomic mass is 10.0. The summed E-state index contributed by atoms with van der Waals surface area (Å²) >= 11 is 0. The summed E-state index contributed by atoms with van der Waals surface area (Å²) in [5, 5.41) is 18.3. The Balaban J connectivity index is 2.68. The Labute approximate surface area is 147 Å². The van der Waals surface area contributed by atoms with E-state index in [1.54, 1.807) is 18.2 Å². The Bertz CT molecular complexity index is 820. The fourth-order valence-corrected chi connectivity index (χ4v) is 2.19. The highest BCUT2D eigenvalue weighted by atomic mass is 19.1. The molecule has 0 fully saturated rings. The van der Waals surface area contributed by atoms with Gasteiger partial charge in [-0.3, -0.25) is 0 Å². The minimum Gasteiger partial charge on any atom is -0.487 e. The monoisotopic (exact) mass is 366 g/mol. The Morgan fingerprint density at radius 3 is 2.00 bits per heavy atom. The smallest absolute Gasteiger partial charge is 0.339 e. The van der Waals surface area contributed by atoms with E-state index in [0.29, 0.717) is 12.8 Å². The third kappa shape index (κ3) is 3.90. The number of hydrogen-bond donors (Lipinski definition) is 2. The van der Waals surface area contributed by atoms with Gasteiger partial charge in [0.15, 0.2) is 11.6 Å². The van der Waals surface area contributed by atoms with Crippen LogP contribution in [0.25, 0.3) is 0 Å². The van der Waals surface area contributed by atoms with Crippen molar-refractivity contribution in [1.29, 1.82) is 0 Å². The van der Waals surface area contributed by atoms with Gasteiger partial charge in [0.25, 0.3) is 0 Å². The van der Waals surface area contributed by atoms with E-state index in [4.69, 9.17) is 19.7 Å². The first kappa shape index (κ1) is 19.2. The molecule has 26 heavy (non-hydrogen) atoms. The number of unbranched alkanes of at least 4 members (excludes halogenated alkanes) is 1. The van der Waals surface area contributed by atoms with Crippen molar-refractivity contribution in [2.45, 2.75) is 19.8 Å². The lowest BCUT2D eigenvalue weighted by Crippen LogP contribution is -2.16. The summed E-state index contributed by atoms with van der Waals surface area (Å²) in [4.78, 5) is 22.6. The number of carboxylic acids is 2. The molecule has 8 heteroatoms. The van der Waals surface area contributed by atoms with Gasteiger partial charge in [-0.25, -0.2) is 18.4 Å². The molecule has 2 rings (SSSR count). The normalized spacial score (nSPS) is 10.4. The van der Waals surface area contributed by atoms with Crippen LogP contribution in [0.4, 0.5) is 8.78 Å². The molecule has 0 saturated heterocycles. The maximum Gasteiger partial charge on any atom is 0.339 e. The van der Waals surface area contributed by atoms with Crippen molar-refractivity contribution >= 4 is 11.9 Å². The van der Waals surface area contributed by atoms with Crippen LogP contribution >= 0.6 is 0 Å². The summed E-state index contributed by atoms with van der Waals surface area (Å²) < 4.78 is 39.9. The van der Waals surface area contributed by atoms with Gasteiger partial charge < -0.3 is 19.7 Å². The second kappa shape index (κ2) is 8.28. The highest BCUT2D eigenvalue weighted by molar-refractivity contribution is 6.03. The number of para-hydroxylation sites is 1. The minimum atomic E-state index is -1.93. The number of hydrogen-bond acceptors (Lipinski definition) is 4. The van der Waals surface area contributed by atoms with Crippen LogP contribution in [-0.2, 0) is 0 Å². The molecule has 0 aliphatic heterocycles. The van der Waals surface area contributed by atoms with Gasteiger partial charge in [-0.1, -0.05) is 31.5 Å². The number of carbonyl (C=O) groups is 2. The molecule has 2 aromatic rings. The first-order chi connectivity index (χ1) is 12.4. The SMILES string of the molecule is CCCCOc1c(F)c(C(=O)O)c(C(=O)O)c(F)c1Oc1ccccc1. The van der Waals surface area contributed by atoms with E-state index >= 15 is 0 Å². The van der Waals surface area contributed by atoms with Gasteiger partial charge in [-0.2, -0.15) is 0 Å². The number of aromatic carboxylic acids is 2. The molecule has 138 valence electrons. The van der Waals surface area contributed by atoms with Crippen LogP contribution in [0, 0.1) is 11.6 Å². The maximum atomic E-state index is 14.8. The average molecular weight is 366 g/mol. The van der Waals surface area contributed by atoms with E-state index < -0.39 is 46.2 Å². The van der Waals surface area contributed by atoms with Crippen molar-refractivity contribution in [3.63, 3.8) is 0 Å². The first-order valence-electron chi connectivity index (χ1n) is 7.75. The van der Waals surface area contributed by atoms with E-state index in [1.165, 1.54) is 12.1 Å². The predicted molar refractivity (Wildman–Crippen MR) is 87.2 cm³/mol. The maximum absolute atomic E-state index is 14.8. The van der Waals surface area contributed by atoms with Gasteiger partial charge in [0.1, 0.15) is 16.9 Å². The Morgan fingerprint density at radius 1 is 0.962 bits per heavy atom. The molecular weight excluding hydrogens is 350 g/mol. The summed E-state index contributed by atoms with van der Waals surface area (Å²) in [5.41, 5.74) is -2.65. The van der Waals surface area contributed by atoms with Crippen LogP contribution in [0.2, 0.25) is 0 Å². The van der Waals surface area contributed by atoms with Crippen molar-refractivity contribution < 1.29 is 38.1 Å². The Kier molecular flexibility index (Phi) is 6.11. The van der Waals surface area contributed by atoms with Crippen LogP contribution in [0.5, 0.6) is 17.2 Å². The summed E-state index contributed by atoms with van der Waals surface area (Å²) in [6.07, 6.45) is 1.19. The molecule has 2 N–H and O–H groups in total. The summed E-state index contributed by atoms with van der Waals surface area (Å²) in [7, 11) is 0. The van der Waals surface area contributed by atoms with Crippen molar-refractivity contribution in [3.05, 3.63) is 53.1 Å². The number of halogens is 2. The number of ether oxygens (including phenoxy) is 2. The van der Waals surface area contributed by atoms with Gasteiger partial charge >= 0.3 is 11.9 Å². The number of carboxylic acid groups (broad SMARTS) is 2. The zero-order valence-electron chi connectivity index (χ0n) is 13.8. The summed E-state index contributed by atoms with van der Waals surface area (Å²) in [6, 6.07) is 7.70. The van der Waals surface area contributed by atoms with Crippen molar-refractivity contribution in [3.8, 4) is 17.2 Å².